The first kappa shape index (κ1) is 38.5. The van der Waals surface area contributed by atoms with Crippen LogP contribution in [0.15, 0.2) is 0 Å². The summed E-state index contributed by atoms with van der Waals surface area (Å²) in [4.78, 5) is 8.45. The third-order valence-electron chi connectivity index (χ3n) is 3.98. The van der Waals surface area contributed by atoms with E-state index in [1.54, 1.807) is 0 Å². The van der Waals surface area contributed by atoms with Crippen molar-refractivity contribution in [1.29, 1.82) is 0 Å². The number of likely N-dealkylation sites (N-methyl/N-ethyl adjacent to an activating group) is 3. The summed E-state index contributed by atoms with van der Waals surface area (Å²) in [6.45, 7) is 13.7. The van der Waals surface area contributed by atoms with Crippen molar-refractivity contribution < 1.29 is 88.7 Å². The maximum Gasteiger partial charge on any atom is 1.00 e. The molecule has 0 N–H and O–H groups in total. The van der Waals surface area contributed by atoms with Crippen molar-refractivity contribution in [3.8, 4) is 0 Å². The van der Waals surface area contributed by atoms with E-state index in [2.05, 4.69) is 25.7 Å². The minimum atomic E-state index is 0. The smallest absolute Gasteiger partial charge is 0.411 e. The van der Waals surface area contributed by atoms with Gasteiger partial charge in [-0.05, 0) is 20.8 Å². The molecule has 4 nitrogen and oxygen atoms in total. The molecule has 0 aliphatic carbocycles. The molecule has 0 aromatic heterocycles. The van der Waals surface area contributed by atoms with Crippen LogP contribution in [0.4, 0.5) is 0 Å². The number of hydrogen-bond donors (Lipinski definition) is 0. The molecule has 0 unspecified atom stereocenters. The number of nitrogens with zero attached hydrogens (tertiary/aromatic N) is 4. The van der Waals surface area contributed by atoms with E-state index in [9.17, 15) is 0 Å². The predicted octanol–water partition coefficient (Wildman–Crippen LogP) is -7.24. The van der Waals surface area contributed by atoms with Gasteiger partial charge in [0.2, 0.25) is 0 Å². The summed E-state index contributed by atoms with van der Waals surface area (Å²) in [6.07, 6.45) is 0. The first-order valence-electron chi connectivity index (χ1n) is 8.36. The molecule has 28 heavy (non-hydrogen) atoms. The molecule has 0 atom stereocenters. The largest absolute Gasteiger partial charge is 1.00 e. The van der Waals surface area contributed by atoms with E-state index in [0.717, 1.165) is 58.9 Å². The maximum absolute atomic E-state index is 5.13. The summed E-state index contributed by atoms with van der Waals surface area (Å²) in [5.41, 5.74) is 0. The normalized spacial score (nSPS) is 9.43. The van der Waals surface area contributed by atoms with E-state index in [0.29, 0.717) is 13.0 Å². The minimum Gasteiger partial charge on any atom is -0.411 e. The van der Waals surface area contributed by atoms with Crippen LogP contribution in [0, 0.1) is 0 Å². The van der Waals surface area contributed by atoms with Crippen LogP contribution in [0.5, 0.6) is 0 Å². The number of thiocarbonyl (C=S) groups is 3. The van der Waals surface area contributed by atoms with Gasteiger partial charge in [0.15, 0.2) is 0 Å². The molecule has 0 amide bonds. The van der Waals surface area contributed by atoms with E-state index in [1.807, 2.05) is 14.7 Å². The molecule has 0 saturated heterocycles. The molecule has 146 valence electrons. The van der Waals surface area contributed by atoms with Crippen molar-refractivity contribution in [3.63, 3.8) is 0 Å². The van der Waals surface area contributed by atoms with E-state index < -0.39 is 0 Å². The summed E-state index contributed by atoms with van der Waals surface area (Å²) in [5.74, 6) is 0. The molecular formula is C15H27N4Na3S6. The molecular weight excluding hydrogens is 498 g/mol. The Labute approximate surface area is 271 Å². The Balaban J connectivity index is -0.000000960. The molecule has 13 heteroatoms. The zero-order valence-corrected chi connectivity index (χ0v) is 29.0. The monoisotopic (exact) mass is 524 g/mol. The topological polar surface area (TPSA) is 13.0 Å². The fraction of sp³-hybridized carbons (Fsp3) is 0.800. The Kier molecular flexibility index (Phi) is 32.3. The van der Waals surface area contributed by atoms with Gasteiger partial charge in [0.05, 0.1) is 0 Å². The van der Waals surface area contributed by atoms with Crippen LogP contribution in [-0.4, -0.2) is 91.5 Å². The Morgan fingerprint density at radius 1 is 0.536 bits per heavy atom. The van der Waals surface area contributed by atoms with Crippen LogP contribution >= 0.6 is 36.7 Å². The molecule has 0 saturated carbocycles. The zero-order chi connectivity index (χ0) is 19.4. The molecule has 0 bridgehead atoms. The SMILES string of the molecule is CCN(CCN(CCN(CC)C(=S)[S-])CCN(CC)C(=S)[S-])C(=S)[S-].[Na+].[Na+].[Na+]. The van der Waals surface area contributed by atoms with Crippen molar-refractivity contribution >= 4 is 87.5 Å². The second kappa shape index (κ2) is 23.4. The fourth-order valence-electron chi connectivity index (χ4n) is 2.26. The van der Waals surface area contributed by atoms with Gasteiger partial charge in [-0.2, -0.15) is 0 Å². The summed E-state index contributed by atoms with van der Waals surface area (Å²) >= 11 is 30.8. The van der Waals surface area contributed by atoms with Gasteiger partial charge in [0, 0.05) is 58.9 Å². The van der Waals surface area contributed by atoms with Crippen molar-refractivity contribution in [1.82, 2.24) is 19.6 Å². The van der Waals surface area contributed by atoms with Gasteiger partial charge in [-0.25, -0.2) is 0 Å². The van der Waals surface area contributed by atoms with Crippen LogP contribution in [-0.2, 0) is 37.9 Å². The van der Waals surface area contributed by atoms with Gasteiger partial charge < -0.3 is 89.2 Å². The molecule has 0 rings (SSSR count). The van der Waals surface area contributed by atoms with Crippen molar-refractivity contribution in [3.05, 3.63) is 0 Å². The number of rotatable bonds is 12. The Bertz CT molecular complexity index is 386. The van der Waals surface area contributed by atoms with Crippen molar-refractivity contribution in [2.24, 2.45) is 0 Å². The second-order valence-electron chi connectivity index (χ2n) is 5.38. The van der Waals surface area contributed by atoms with Crippen LogP contribution in [0.25, 0.3) is 0 Å². The summed E-state index contributed by atoms with van der Waals surface area (Å²) in [5, 5.41) is 0. The van der Waals surface area contributed by atoms with Gasteiger partial charge in [0.1, 0.15) is 0 Å². The second-order valence-corrected chi connectivity index (χ2v) is 8.47. The first-order valence-corrected chi connectivity index (χ1v) is 10.8. The van der Waals surface area contributed by atoms with Crippen LogP contribution in [0.2, 0.25) is 0 Å². The van der Waals surface area contributed by atoms with Crippen LogP contribution < -0.4 is 88.7 Å². The quantitative estimate of drug-likeness (QED) is 0.138. The molecule has 0 radical (unpaired) electrons. The maximum atomic E-state index is 5.13. The Hall–Kier alpha value is 3.29. The number of hydrogen-bond acceptors (Lipinski definition) is 7. The zero-order valence-electron chi connectivity index (χ0n) is 18.1. The van der Waals surface area contributed by atoms with Crippen molar-refractivity contribution in [2.75, 3.05) is 58.9 Å². The van der Waals surface area contributed by atoms with Crippen molar-refractivity contribution in [2.45, 2.75) is 20.8 Å². The van der Waals surface area contributed by atoms with E-state index in [-0.39, 0.29) is 88.7 Å². The summed E-state index contributed by atoms with van der Waals surface area (Å²) < 4.78 is 1.56. The summed E-state index contributed by atoms with van der Waals surface area (Å²) in [7, 11) is 0. The molecule has 0 heterocycles. The standard InChI is InChI=1S/C15H30N4S6.3Na/c1-4-17(13(20)21)10-7-16(8-11-18(5-2)14(22)23)9-12-19(6-3)15(24)25;;;/h4-12H2,1-3H3,(H,20,21)(H,22,23)(H,24,25);;;/q;3*+1/p-3. The minimum absolute atomic E-state index is 0. The first-order chi connectivity index (χ1) is 11.8. The summed E-state index contributed by atoms with van der Waals surface area (Å²) in [6, 6.07) is 0. The van der Waals surface area contributed by atoms with E-state index in [4.69, 9.17) is 74.5 Å². The Morgan fingerprint density at radius 2 is 0.750 bits per heavy atom. The van der Waals surface area contributed by atoms with E-state index >= 15 is 0 Å². The molecule has 0 fully saturated rings. The Morgan fingerprint density at radius 3 is 0.893 bits per heavy atom. The molecule has 0 aromatic rings. The average molecular weight is 525 g/mol. The van der Waals surface area contributed by atoms with Gasteiger partial charge in [0.25, 0.3) is 0 Å². The predicted molar refractivity (Wildman–Crippen MR) is 128 cm³/mol. The molecule has 0 aliphatic heterocycles. The van der Waals surface area contributed by atoms with Crippen LogP contribution in [0.1, 0.15) is 20.8 Å². The van der Waals surface area contributed by atoms with Gasteiger partial charge in [-0.3, -0.25) is 4.90 Å². The fourth-order valence-corrected chi connectivity index (χ4v) is 3.58. The molecule has 0 spiro atoms. The van der Waals surface area contributed by atoms with E-state index in [1.165, 1.54) is 0 Å². The van der Waals surface area contributed by atoms with Gasteiger partial charge >= 0.3 is 88.7 Å². The van der Waals surface area contributed by atoms with Gasteiger partial charge in [-0.15, -0.1) is 0 Å². The van der Waals surface area contributed by atoms with Gasteiger partial charge in [-0.1, -0.05) is 13.0 Å². The molecule has 0 aromatic carbocycles. The van der Waals surface area contributed by atoms with Crippen LogP contribution in [0.3, 0.4) is 0 Å². The molecule has 0 aliphatic rings. The third-order valence-corrected chi connectivity index (χ3v) is 5.53. The average Bonchev–Trinajstić information content (AvgIpc) is 2.54. The third kappa shape index (κ3) is 17.8.